The van der Waals surface area contributed by atoms with Crippen LogP contribution < -0.4 is 10.2 Å². The topological polar surface area (TPSA) is 75.7 Å². The van der Waals surface area contributed by atoms with Crippen LogP contribution in [-0.2, 0) is 14.3 Å². The molecule has 2 aromatic rings. The van der Waals surface area contributed by atoms with Crippen molar-refractivity contribution in [3.8, 4) is 0 Å². The van der Waals surface area contributed by atoms with E-state index in [0.29, 0.717) is 29.1 Å². The molecule has 0 bridgehead atoms. The number of amides is 2. The van der Waals surface area contributed by atoms with E-state index in [4.69, 9.17) is 4.74 Å². The Bertz CT molecular complexity index is 914. The quantitative estimate of drug-likeness (QED) is 0.822. The number of carbonyl (C=O) groups is 3. The predicted molar refractivity (Wildman–Crippen MR) is 103 cm³/mol. The van der Waals surface area contributed by atoms with Crippen LogP contribution in [0.3, 0.4) is 0 Å². The average Bonchev–Trinajstić information content (AvgIpc) is 3.31. The van der Waals surface area contributed by atoms with E-state index in [1.54, 1.807) is 17.0 Å². The highest BCUT2D eigenvalue weighted by molar-refractivity contribution is 7.13. The van der Waals surface area contributed by atoms with Crippen molar-refractivity contribution in [3.05, 3.63) is 46.2 Å². The van der Waals surface area contributed by atoms with E-state index in [1.165, 1.54) is 11.3 Å². The minimum Gasteiger partial charge on any atom is -0.451 e. The maximum atomic E-state index is 13.1. The monoisotopic (exact) mass is 384 g/mol. The van der Waals surface area contributed by atoms with Crippen molar-refractivity contribution in [3.63, 3.8) is 0 Å². The van der Waals surface area contributed by atoms with Gasteiger partial charge in [-0.2, -0.15) is 0 Å². The van der Waals surface area contributed by atoms with Crippen LogP contribution in [0.4, 0.5) is 11.4 Å². The summed E-state index contributed by atoms with van der Waals surface area (Å²) in [6.07, 6.45) is 2.98. The molecule has 2 aliphatic rings. The van der Waals surface area contributed by atoms with Gasteiger partial charge >= 0.3 is 5.97 Å². The molecular formula is C20H20N2O4S. The van der Waals surface area contributed by atoms with Gasteiger partial charge in [0, 0.05) is 4.88 Å². The maximum Gasteiger partial charge on any atom is 0.348 e. The van der Waals surface area contributed by atoms with Crippen molar-refractivity contribution in [1.29, 1.82) is 0 Å². The van der Waals surface area contributed by atoms with Crippen molar-refractivity contribution in [2.45, 2.75) is 38.1 Å². The molecule has 27 heavy (non-hydrogen) atoms. The lowest BCUT2D eigenvalue weighted by molar-refractivity contribution is -0.129. The second-order valence-corrected chi connectivity index (χ2v) is 8.21. The van der Waals surface area contributed by atoms with Gasteiger partial charge in [0.1, 0.15) is 10.4 Å². The fourth-order valence-electron chi connectivity index (χ4n) is 3.94. The molecule has 1 aliphatic carbocycles. The van der Waals surface area contributed by atoms with E-state index in [9.17, 15) is 14.4 Å². The summed E-state index contributed by atoms with van der Waals surface area (Å²) < 4.78 is 5.26. The molecule has 1 aliphatic heterocycles. The molecule has 2 amide bonds. The minimum atomic E-state index is -0.892. The van der Waals surface area contributed by atoms with Crippen LogP contribution in [0, 0.1) is 6.92 Å². The molecule has 140 valence electrons. The summed E-state index contributed by atoms with van der Waals surface area (Å²) in [6, 6.07) is 10.8. The lowest BCUT2D eigenvalue weighted by Gasteiger charge is -2.44. The molecule has 0 unspecified atom stereocenters. The van der Waals surface area contributed by atoms with Crippen LogP contribution in [0.15, 0.2) is 36.4 Å². The molecular weight excluding hydrogens is 364 g/mol. The van der Waals surface area contributed by atoms with E-state index in [2.05, 4.69) is 5.32 Å². The van der Waals surface area contributed by atoms with Gasteiger partial charge in [-0.1, -0.05) is 25.0 Å². The number of aryl methyl sites for hydroxylation is 1. The summed E-state index contributed by atoms with van der Waals surface area (Å²) >= 11 is 1.33. The minimum absolute atomic E-state index is 0.160. The second kappa shape index (κ2) is 6.81. The van der Waals surface area contributed by atoms with E-state index in [1.807, 2.05) is 31.2 Å². The number of benzene rings is 1. The SMILES string of the molecule is Cc1ccc(C(=O)OCC(=O)N2c3ccccc3NC(=O)C23CCCC3)s1. The Balaban J connectivity index is 1.60. The van der Waals surface area contributed by atoms with Crippen LogP contribution in [0.5, 0.6) is 0 Å². The van der Waals surface area contributed by atoms with E-state index >= 15 is 0 Å². The number of fused-ring (bicyclic) bond motifs is 1. The smallest absolute Gasteiger partial charge is 0.348 e. The Morgan fingerprint density at radius 3 is 2.63 bits per heavy atom. The number of esters is 1. The van der Waals surface area contributed by atoms with Gasteiger partial charge in [0.15, 0.2) is 6.61 Å². The first kappa shape index (κ1) is 17.7. The van der Waals surface area contributed by atoms with Crippen LogP contribution in [-0.4, -0.2) is 29.9 Å². The fourth-order valence-corrected chi connectivity index (χ4v) is 4.70. The molecule has 1 fully saturated rings. The Morgan fingerprint density at radius 2 is 1.93 bits per heavy atom. The standard InChI is InChI=1S/C20H20N2O4S/c1-13-8-9-16(27-13)18(24)26-12-17(23)22-15-7-3-2-6-14(15)21-19(25)20(22)10-4-5-11-20/h2-3,6-9H,4-5,10-12H2,1H3,(H,21,25). The third kappa shape index (κ3) is 3.02. The Labute approximate surface area is 161 Å². The number of hydrogen-bond acceptors (Lipinski definition) is 5. The number of thiophene rings is 1. The highest BCUT2D eigenvalue weighted by Crippen LogP contribution is 2.45. The number of nitrogens with one attached hydrogen (secondary N) is 1. The molecule has 1 aromatic heterocycles. The first-order chi connectivity index (χ1) is 13.0. The predicted octanol–water partition coefficient (Wildman–Crippen LogP) is 3.51. The molecule has 0 saturated heterocycles. The van der Waals surface area contributed by atoms with Gasteiger partial charge < -0.3 is 10.1 Å². The second-order valence-electron chi connectivity index (χ2n) is 6.93. The third-order valence-corrected chi connectivity index (χ3v) is 6.17. The first-order valence-corrected chi connectivity index (χ1v) is 9.80. The van der Waals surface area contributed by atoms with Crippen molar-refractivity contribution in [1.82, 2.24) is 0 Å². The number of hydrogen-bond donors (Lipinski definition) is 1. The van der Waals surface area contributed by atoms with Gasteiger partial charge in [0.05, 0.1) is 11.4 Å². The van der Waals surface area contributed by atoms with Crippen LogP contribution in [0.25, 0.3) is 0 Å². The fraction of sp³-hybridized carbons (Fsp3) is 0.350. The van der Waals surface area contributed by atoms with Gasteiger partial charge in [-0.15, -0.1) is 11.3 Å². The van der Waals surface area contributed by atoms with Crippen molar-refractivity contribution < 1.29 is 19.1 Å². The van der Waals surface area contributed by atoms with Gasteiger partial charge in [-0.25, -0.2) is 4.79 Å². The number of nitrogens with zero attached hydrogens (tertiary/aromatic N) is 1. The molecule has 6 nitrogen and oxygen atoms in total. The Morgan fingerprint density at radius 1 is 1.19 bits per heavy atom. The van der Waals surface area contributed by atoms with Crippen molar-refractivity contribution in [2.75, 3.05) is 16.8 Å². The van der Waals surface area contributed by atoms with Gasteiger partial charge in [0.2, 0.25) is 0 Å². The zero-order valence-electron chi connectivity index (χ0n) is 15.0. The van der Waals surface area contributed by atoms with Gasteiger partial charge in [0.25, 0.3) is 11.8 Å². The van der Waals surface area contributed by atoms with Gasteiger partial charge in [-0.05, 0) is 44.0 Å². The lowest BCUT2D eigenvalue weighted by Crippen LogP contribution is -2.61. The molecule has 1 aromatic carbocycles. The number of carbonyl (C=O) groups excluding carboxylic acids is 3. The summed E-state index contributed by atoms with van der Waals surface area (Å²) in [5.74, 6) is -1.05. The van der Waals surface area contributed by atoms with E-state index in [0.717, 1.165) is 17.7 Å². The summed E-state index contributed by atoms with van der Waals surface area (Å²) in [5, 5.41) is 2.93. The first-order valence-electron chi connectivity index (χ1n) is 8.98. The highest BCUT2D eigenvalue weighted by Gasteiger charge is 2.52. The number of anilines is 2. The van der Waals surface area contributed by atoms with Crippen molar-refractivity contribution >= 4 is 40.5 Å². The number of ether oxygens (including phenoxy) is 1. The molecule has 7 heteroatoms. The van der Waals surface area contributed by atoms with Gasteiger partial charge in [-0.3, -0.25) is 14.5 Å². The Hall–Kier alpha value is -2.67. The largest absolute Gasteiger partial charge is 0.451 e. The lowest BCUT2D eigenvalue weighted by atomic mass is 9.90. The molecule has 4 rings (SSSR count). The van der Waals surface area contributed by atoms with E-state index in [-0.39, 0.29) is 18.4 Å². The van der Waals surface area contributed by atoms with Crippen LogP contribution >= 0.6 is 11.3 Å². The van der Waals surface area contributed by atoms with Crippen LogP contribution in [0.2, 0.25) is 0 Å². The zero-order chi connectivity index (χ0) is 19.0. The molecule has 0 atom stereocenters. The molecule has 2 heterocycles. The summed E-state index contributed by atoms with van der Waals surface area (Å²) in [4.78, 5) is 41.2. The average molecular weight is 384 g/mol. The summed E-state index contributed by atoms with van der Waals surface area (Å²) in [5.41, 5.74) is 0.373. The molecule has 1 N–H and O–H groups in total. The zero-order valence-corrected chi connectivity index (χ0v) is 15.8. The number of para-hydroxylation sites is 2. The van der Waals surface area contributed by atoms with Crippen molar-refractivity contribution in [2.24, 2.45) is 0 Å². The summed E-state index contributed by atoms with van der Waals surface area (Å²) in [7, 11) is 0. The maximum absolute atomic E-state index is 13.1. The Kier molecular flexibility index (Phi) is 4.47. The van der Waals surface area contributed by atoms with Crippen LogP contribution in [0.1, 0.15) is 40.2 Å². The van der Waals surface area contributed by atoms with E-state index < -0.39 is 11.5 Å². The highest BCUT2D eigenvalue weighted by atomic mass is 32.1. The molecule has 1 saturated carbocycles. The molecule has 0 radical (unpaired) electrons. The molecule has 1 spiro atoms. The third-order valence-electron chi connectivity index (χ3n) is 5.19. The number of rotatable bonds is 3. The summed E-state index contributed by atoms with van der Waals surface area (Å²) in [6.45, 7) is 1.51. The normalized spacial score (nSPS) is 17.5.